The Morgan fingerprint density at radius 1 is 0.892 bits per heavy atom. The molecule has 37 heavy (non-hydrogen) atoms. The van der Waals surface area contributed by atoms with Crippen LogP contribution in [0.4, 0.5) is 0 Å². The first-order chi connectivity index (χ1) is 17.1. The lowest BCUT2D eigenvalue weighted by Crippen LogP contribution is -2.64. The third kappa shape index (κ3) is 6.31. The standard InChI is InChI=1S/C25H46O12/c1-11-8-14(27)9-24(4,5)25(11,33)7-6-12(2)34-23-21(19(31)17(29)15(10-26)36-23)37-22-20(32)18(30)16(28)13(3)35-22/h11-23,26-33H,6-10H2,1-5H3. The van der Waals surface area contributed by atoms with Crippen LogP contribution in [-0.4, -0.2) is 127 Å². The molecule has 2 aliphatic heterocycles. The van der Waals surface area contributed by atoms with Crippen molar-refractivity contribution in [2.75, 3.05) is 6.61 Å². The van der Waals surface area contributed by atoms with Crippen LogP contribution in [-0.2, 0) is 18.9 Å². The number of ether oxygens (including phenoxy) is 4. The fourth-order valence-corrected chi connectivity index (χ4v) is 6.02. The van der Waals surface area contributed by atoms with Gasteiger partial charge in [-0.3, -0.25) is 0 Å². The highest BCUT2D eigenvalue weighted by molar-refractivity contribution is 5.02. The van der Waals surface area contributed by atoms with Crippen LogP contribution in [0.25, 0.3) is 0 Å². The molecule has 3 aliphatic rings. The lowest BCUT2D eigenvalue weighted by Gasteiger charge is -2.52. The number of rotatable bonds is 8. The van der Waals surface area contributed by atoms with Gasteiger partial charge in [0.25, 0.3) is 0 Å². The maximum Gasteiger partial charge on any atom is 0.187 e. The molecule has 2 saturated heterocycles. The molecule has 0 aromatic heterocycles. The molecule has 1 aliphatic carbocycles. The lowest BCUT2D eigenvalue weighted by molar-refractivity contribution is -0.369. The molecule has 0 aromatic carbocycles. The van der Waals surface area contributed by atoms with Crippen molar-refractivity contribution in [2.24, 2.45) is 11.3 Å². The van der Waals surface area contributed by atoms with E-state index < -0.39 is 91.2 Å². The van der Waals surface area contributed by atoms with Gasteiger partial charge in [0.1, 0.15) is 42.7 Å². The molecule has 0 amide bonds. The van der Waals surface area contributed by atoms with E-state index in [1.807, 2.05) is 20.8 Å². The minimum absolute atomic E-state index is 0.148. The van der Waals surface area contributed by atoms with E-state index in [2.05, 4.69) is 0 Å². The topological polar surface area (TPSA) is 199 Å². The van der Waals surface area contributed by atoms with E-state index >= 15 is 0 Å². The summed E-state index contributed by atoms with van der Waals surface area (Å²) in [7, 11) is 0. The van der Waals surface area contributed by atoms with Gasteiger partial charge in [0.05, 0.1) is 30.5 Å². The zero-order valence-electron chi connectivity index (χ0n) is 22.3. The fraction of sp³-hybridized carbons (Fsp3) is 1.00. The van der Waals surface area contributed by atoms with Gasteiger partial charge < -0.3 is 59.8 Å². The summed E-state index contributed by atoms with van der Waals surface area (Å²) in [6.07, 6.45) is -13.2. The first kappa shape index (κ1) is 31.1. The molecule has 8 N–H and O–H groups in total. The second-order valence-electron chi connectivity index (χ2n) is 11.8. The van der Waals surface area contributed by atoms with Gasteiger partial charge in [-0.1, -0.05) is 20.8 Å². The van der Waals surface area contributed by atoms with Gasteiger partial charge in [0.2, 0.25) is 0 Å². The van der Waals surface area contributed by atoms with Crippen LogP contribution < -0.4 is 0 Å². The van der Waals surface area contributed by atoms with Gasteiger partial charge in [-0.05, 0) is 50.9 Å². The largest absolute Gasteiger partial charge is 0.394 e. The second kappa shape index (κ2) is 11.9. The molecule has 0 aromatic rings. The maximum absolute atomic E-state index is 11.5. The Bertz CT molecular complexity index is 738. The van der Waals surface area contributed by atoms with E-state index in [0.717, 1.165) is 0 Å². The van der Waals surface area contributed by atoms with E-state index in [1.54, 1.807) is 6.92 Å². The van der Waals surface area contributed by atoms with Gasteiger partial charge in [0.15, 0.2) is 12.6 Å². The monoisotopic (exact) mass is 538 g/mol. The van der Waals surface area contributed by atoms with Gasteiger partial charge in [-0.15, -0.1) is 0 Å². The maximum atomic E-state index is 11.5. The molecule has 0 radical (unpaired) electrons. The summed E-state index contributed by atoms with van der Waals surface area (Å²) in [6.45, 7) is 8.40. The Hall–Kier alpha value is -0.480. The fourth-order valence-electron chi connectivity index (χ4n) is 6.02. The molecule has 14 unspecified atom stereocenters. The van der Waals surface area contributed by atoms with Crippen molar-refractivity contribution >= 4 is 0 Å². The van der Waals surface area contributed by atoms with Crippen LogP contribution in [0.3, 0.4) is 0 Å². The van der Waals surface area contributed by atoms with Crippen LogP contribution >= 0.6 is 0 Å². The quantitative estimate of drug-likeness (QED) is 0.176. The first-order valence-corrected chi connectivity index (χ1v) is 13.2. The van der Waals surface area contributed by atoms with E-state index in [1.165, 1.54) is 6.92 Å². The van der Waals surface area contributed by atoms with Crippen molar-refractivity contribution in [3.63, 3.8) is 0 Å². The predicted octanol–water partition coefficient (Wildman–Crippen LogP) is -1.63. The summed E-state index contributed by atoms with van der Waals surface area (Å²) in [5.74, 6) is -0.148. The normalized spacial score (nSPS) is 49.5. The molecule has 2 heterocycles. The van der Waals surface area contributed by atoms with E-state index in [-0.39, 0.29) is 5.92 Å². The Kier molecular flexibility index (Phi) is 10.0. The van der Waals surface area contributed by atoms with E-state index in [4.69, 9.17) is 18.9 Å². The molecular weight excluding hydrogens is 492 g/mol. The molecule has 14 atom stereocenters. The van der Waals surface area contributed by atoms with Crippen molar-refractivity contribution in [3.8, 4) is 0 Å². The van der Waals surface area contributed by atoms with Gasteiger partial charge in [-0.2, -0.15) is 0 Å². The van der Waals surface area contributed by atoms with Crippen LogP contribution in [0.1, 0.15) is 60.3 Å². The minimum Gasteiger partial charge on any atom is -0.394 e. The second-order valence-corrected chi connectivity index (χ2v) is 11.8. The molecule has 0 spiro atoms. The molecular formula is C25H46O12. The van der Waals surface area contributed by atoms with Crippen LogP contribution in [0.2, 0.25) is 0 Å². The Morgan fingerprint density at radius 3 is 2.14 bits per heavy atom. The molecule has 12 nitrogen and oxygen atoms in total. The summed E-state index contributed by atoms with van der Waals surface area (Å²) in [5.41, 5.74) is -1.58. The molecule has 3 rings (SSSR count). The number of aliphatic hydroxyl groups excluding tert-OH is 7. The molecule has 218 valence electrons. The summed E-state index contributed by atoms with van der Waals surface area (Å²) >= 11 is 0. The van der Waals surface area contributed by atoms with Gasteiger partial charge in [0, 0.05) is 0 Å². The number of hydrogen-bond donors (Lipinski definition) is 8. The van der Waals surface area contributed by atoms with Crippen molar-refractivity contribution in [2.45, 2.75) is 140 Å². The SMILES string of the molecule is CC(CCC1(O)C(C)CC(O)CC1(C)C)OC1OC(CO)C(O)C(O)C1OC1OC(C)C(O)C(O)C1O. The minimum atomic E-state index is -1.65. The van der Waals surface area contributed by atoms with Crippen LogP contribution in [0, 0.1) is 11.3 Å². The van der Waals surface area contributed by atoms with E-state index in [0.29, 0.717) is 25.7 Å². The lowest BCUT2D eigenvalue weighted by atomic mass is 9.58. The summed E-state index contributed by atoms with van der Waals surface area (Å²) in [4.78, 5) is 0. The predicted molar refractivity (Wildman–Crippen MR) is 128 cm³/mol. The Labute approximate surface area is 217 Å². The zero-order chi connectivity index (χ0) is 27.9. The number of hydrogen-bond acceptors (Lipinski definition) is 12. The third-order valence-corrected chi connectivity index (χ3v) is 8.58. The van der Waals surface area contributed by atoms with Crippen molar-refractivity contribution in [3.05, 3.63) is 0 Å². The summed E-state index contributed by atoms with van der Waals surface area (Å²) in [5, 5.41) is 82.9. The Morgan fingerprint density at radius 2 is 1.54 bits per heavy atom. The summed E-state index contributed by atoms with van der Waals surface area (Å²) in [6, 6.07) is 0. The number of aliphatic hydroxyl groups is 8. The average Bonchev–Trinajstić information content (AvgIpc) is 2.82. The summed E-state index contributed by atoms with van der Waals surface area (Å²) < 4.78 is 22.9. The smallest absolute Gasteiger partial charge is 0.187 e. The third-order valence-electron chi connectivity index (χ3n) is 8.58. The van der Waals surface area contributed by atoms with Gasteiger partial charge in [-0.25, -0.2) is 0 Å². The van der Waals surface area contributed by atoms with Crippen molar-refractivity contribution in [1.82, 2.24) is 0 Å². The molecule has 12 heteroatoms. The molecule has 0 bridgehead atoms. The highest BCUT2D eigenvalue weighted by Crippen LogP contribution is 2.49. The average molecular weight is 539 g/mol. The van der Waals surface area contributed by atoms with E-state index in [9.17, 15) is 40.9 Å². The highest BCUT2D eigenvalue weighted by atomic mass is 16.8. The first-order valence-electron chi connectivity index (χ1n) is 13.2. The van der Waals surface area contributed by atoms with Crippen molar-refractivity contribution in [1.29, 1.82) is 0 Å². The molecule has 1 saturated carbocycles. The van der Waals surface area contributed by atoms with Crippen LogP contribution in [0.15, 0.2) is 0 Å². The van der Waals surface area contributed by atoms with Gasteiger partial charge >= 0.3 is 0 Å². The van der Waals surface area contributed by atoms with Crippen LogP contribution in [0.5, 0.6) is 0 Å². The highest BCUT2D eigenvalue weighted by Gasteiger charge is 2.53. The Balaban J connectivity index is 1.71. The molecule has 3 fully saturated rings. The van der Waals surface area contributed by atoms with Crippen molar-refractivity contribution < 1.29 is 59.8 Å². The zero-order valence-corrected chi connectivity index (χ0v) is 22.3.